The van der Waals surface area contributed by atoms with Crippen molar-refractivity contribution in [1.29, 1.82) is 0 Å². The van der Waals surface area contributed by atoms with Gasteiger partial charge in [0.05, 0.1) is 11.3 Å². The van der Waals surface area contributed by atoms with Gasteiger partial charge in [-0.15, -0.1) is 0 Å². The lowest BCUT2D eigenvalue weighted by Crippen LogP contribution is -2.09. The van der Waals surface area contributed by atoms with Crippen molar-refractivity contribution in [1.82, 2.24) is 9.78 Å². The molecule has 0 saturated heterocycles. The summed E-state index contributed by atoms with van der Waals surface area (Å²) in [6.07, 6.45) is -4.75. The summed E-state index contributed by atoms with van der Waals surface area (Å²) >= 11 is 0. The van der Waals surface area contributed by atoms with E-state index < -0.39 is 23.4 Å². The van der Waals surface area contributed by atoms with Crippen molar-refractivity contribution >= 4 is 0 Å². The Morgan fingerprint density at radius 3 is 2.13 bits per heavy atom. The Labute approximate surface area is 130 Å². The van der Waals surface area contributed by atoms with Crippen LogP contribution in [0.2, 0.25) is 0 Å². The summed E-state index contributed by atoms with van der Waals surface area (Å²) in [5.41, 5.74) is -0.733. The van der Waals surface area contributed by atoms with Gasteiger partial charge in [-0.25, -0.2) is 4.68 Å². The molecule has 0 spiro atoms. The van der Waals surface area contributed by atoms with Crippen molar-refractivity contribution in [3.63, 3.8) is 0 Å². The molecule has 0 unspecified atom stereocenters. The molecule has 2 aromatic carbocycles. The molecule has 0 atom stereocenters. The predicted molar refractivity (Wildman–Crippen MR) is 78.7 cm³/mol. The summed E-state index contributed by atoms with van der Waals surface area (Å²) in [5.74, 6) is -1.03. The van der Waals surface area contributed by atoms with Gasteiger partial charge < -0.3 is 0 Å². The first kappa shape index (κ1) is 15.3. The normalized spacial score (nSPS) is 11.7. The van der Waals surface area contributed by atoms with Crippen LogP contribution in [-0.4, -0.2) is 9.78 Å². The van der Waals surface area contributed by atoms with Gasteiger partial charge >= 0.3 is 6.18 Å². The molecule has 2 nitrogen and oxygen atoms in total. The van der Waals surface area contributed by atoms with E-state index in [1.54, 1.807) is 43.3 Å². The van der Waals surface area contributed by atoms with E-state index in [4.69, 9.17) is 0 Å². The number of halogens is 4. The van der Waals surface area contributed by atoms with Crippen molar-refractivity contribution in [2.24, 2.45) is 0 Å². The third-order valence-corrected chi connectivity index (χ3v) is 3.50. The van der Waals surface area contributed by atoms with Gasteiger partial charge in [0.25, 0.3) is 0 Å². The van der Waals surface area contributed by atoms with E-state index >= 15 is 0 Å². The molecular formula is C17H12F4N2. The molecule has 0 aliphatic carbocycles. The second kappa shape index (κ2) is 5.53. The van der Waals surface area contributed by atoms with Gasteiger partial charge in [-0.05, 0) is 24.1 Å². The lowest BCUT2D eigenvalue weighted by atomic mass is 10.1. The molecule has 1 heterocycles. The summed E-state index contributed by atoms with van der Waals surface area (Å²) in [5, 5.41) is 3.51. The molecule has 0 amide bonds. The first-order valence-electron chi connectivity index (χ1n) is 6.86. The zero-order chi connectivity index (χ0) is 16.6. The summed E-state index contributed by atoms with van der Waals surface area (Å²) in [6, 6.07) is 14.2. The SMILES string of the molecule is Cc1ccccc1-n1nc(C(F)(F)F)c(-c2ccccc2)c1F. The molecule has 0 fully saturated rings. The average Bonchev–Trinajstić information content (AvgIpc) is 2.86. The zero-order valence-corrected chi connectivity index (χ0v) is 12.1. The summed E-state index contributed by atoms with van der Waals surface area (Å²) in [4.78, 5) is 0. The summed E-state index contributed by atoms with van der Waals surface area (Å²) < 4.78 is 55.4. The Bertz CT molecular complexity index is 836. The number of alkyl halides is 3. The molecule has 6 heteroatoms. The minimum atomic E-state index is -4.75. The molecule has 0 saturated carbocycles. The second-order valence-electron chi connectivity index (χ2n) is 5.08. The van der Waals surface area contributed by atoms with E-state index in [9.17, 15) is 17.6 Å². The lowest BCUT2D eigenvalue weighted by Gasteiger charge is -2.06. The number of aryl methyl sites for hydroxylation is 1. The highest BCUT2D eigenvalue weighted by Crippen LogP contribution is 2.38. The van der Waals surface area contributed by atoms with Crippen molar-refractivity contribution in [2.75, 3.05) is 0 Å². The van der Waals surface area contributed by atoms with Gasteiger partial charge in [-0.1, -0.05) is 48.5 Å². The van der Waals surface area contributed by atoms with Crippen LogP contribution in [0.1, 0.15) is 11.3 Å². The Balaban J connectivity index is 2.30. The molecule has 118 valence electrons. The van der Waals surface area contributed by atoms with Crippen molar-refractivity contribution in [2.45, 2.75) is 13.1 Å². The maximum absolute atomic E-state index is 14.8. The largest absolute Gasteiger partial charge is 0.435 e. The van der Waals surface area contributed by atoms with Crippen LogP contribution in [-0.2, 0) is 6.18 Å². The van der Waals surface area contributed by atoms with E-state index in [0.29, 0.717) is 10.2 Å². The minimum absolute atomic E-state index is 0.136. The third kappa shape index (κ3) is 2.72. The molecule has 3 rings (SSSR count). The van der Waals surface area contributed by atoms with Gasteiger partial charge in [0.2, 0.25) is 5.95 Å². The second-order valence-corrected chi connectivity index (χ2v) is 5.08. The van der Waals surface area contributed by atoms with Gasteiger partial charge in [0, 0.05) is 0 Å². The highest BCUT2D eigenvalue weighted by Gasteiger charge is 2.40. The molecule has 0 N–H and O–H groups in total. The number of hydrogen-bond donors (Lipinski definition) is 0. The maximum Gasteiger partial charge on any atom is 0.435 e. The van der Waals surface area contributed by atoms with E-state index in [1.165, 1.54) is 18.2 Å². The quantitative estimate of drug-likeness (QED) is 0.607. The van der Waals surface area contributed by atoms with Crippen LogP contribution in [0.25, 0.3) is 16.8 Å². The zero-order valence-electron chi connectivity index (χ0n) is 12.1. The highest BCUT2D eigenvalue weighted by atomic mass is 19.4. The predicted octanol–water partition coefficient (Wildman–Crippen LogP) is 5.01. The van der Waals surface area contributed by atoms with E-state index in [2.05, 4.69) is 5.10 Å². The molecule has 1 aromatic heterocycles. The summed E-state index contributed by atoms with van der Waals surface area (Å²) in [7, 11) is 0. The molecule has 23 heavy (non-hydrogen) atoms. The molecule has 0 bridgehead atoms. The van der Waals surface area contributed by atoms with Gasteiger partial charge in [0.1, 0.15) is 0 Å². The molecular weight excluding hydrogens is 308 g/mol. The first-order valence-corrected chi connectivity index (χ1v) is 6.86. The van der Waals surface area contributed by atoms with Gasteiger partial charge in [-0.3, -0.25) is 0 Å². The standard InChI is InChI=1S/C17H12F4N2/c1-11-7-5-6-10-13(11)23-16(18)14(12-8-3-2-4-9-12)15(22-23)17(19,20)21/h2-10H,1H3. The molecule has 0 aliphatic rings. The first-order chi connectivity index (χ1) is 10.9. The van der Waals surface area contributed by atoms with Gasteiger partial charge in [0.15, 0.2) is 5.69 Å². The third-order valence-electron chi connectivity index (χ3n) is 3.50. The smallest absolute Gasteiger partial charge is 0.205 e. The van der Waals surface area contributed by atoms with Crippen LogP contribution < -0.4 is 0 Å². The fourth-order valence-electron chi connectivity index (χ4n) is 2.42. The molecule has 0 radical (unpaired) electrons. The number of aromatic nitrogens is 2. The Morgan fingerprint density at radius 2 is 1.52 bits per heavy atom. The summed E-state index contributed by atoms with van der Waals surface area (Å²) in [6.45, 7) is 1.69. The Hall–Kier alpha value is -2.63. The molecule has 3 aromatic rings. The van der Waals surface area contributed by atoms with Crippen LogP contribution >= 0.6 is 0 Å². The minimum Gasteiger partial charge on any atom is -0.205 e. The highest BCUT2D eigenvalue weighted by molar-refractivity contribution is 5.67. The van der Waals surface area contributed by atoms with E-state index in [0.717, 1.165) is 0 Å². The van der Waals surface area contributed by atoms with Crippen LogP contribution in [0.15, 0.2) is 54.6 Å². The van der Waals surface area contributed by atoms with Crippen molar-refractivity contribution in [3.8, 4) is 16.8 Å². The van der Waals surface area contributed by atoms with Crippen molar-refractivity contribution in [3.05, 3.63) is 71.8 Å². The number of rotatable bonds is 2. The number of benzene rings is 2. The Morgan fingerprint density at radius 1 is 0.913 bits per heavy atom. The average molecular weight is 320 g/mol. The van der Waals surface area contributed by atoms with Crippen LogP contribution in [0.4, 0.5) is 17.6 Å². The fraction of sp³-hybridized carbons (Fsp3) is 0.118. The number of para-hydroxylation sites is 1. The topological polar surface area (TPSA) is 17.8 Å². The fourth-order valence-corrected chi connectivity index (χ4v) is 2.42. The molecule has 0 aliphatic heterocycles. The lowest BCUT2D eigenvalue weighted by molar-refractivity contribution is -0.140. The number of nitrogens with zero attached hydrogens (tertiary/aromatic N) is 2. The van der Waals surface area contributed by atoms with Crippen molar-refractivity contribution < 1.29 is 17.6 Å². The monoisotopic (exact) mass is 320 g/mol. The van der Waals surface area contributed by atoms with Crippen LogP contribution in [0.5, 0.6) is 0 Å². The Kier molecular flexibility index (Phi) is 3.67. The number of hydrogen-bond acceptors (Lipinski definition) is 1. The van der Waals surface area contributed by atoms with Crippen LogP contribution in [0.3, 0.4) is 0 Å². The van der Waals surface area contributed by atoms with Gasteiger partial charge in [-0.2, -0.15) is 22.7 Å². The van der Waals surface area contributed by atoms with E-state index in [-0.39, 0.29) is 11.3 Å². The van der Waals surface area contributed by atoms with E-state index in [1.807, 2.05) is 0 Å². The van der Waals surface area contributed by atoms with Crippen LogP contribution in [0, 0.1) is 12.9 Å². The maximum atomic E-state index is 14.8.